The molecule has 0 saturated carbocycles. The summed E-state index contributed by atoms with van der Waals surface area (Å²) in [6.45, 7) is 3.75. The number of halogens is 1. The maximum absolute atomic E-state index is 14.0. The third-order valence-electron chi connectivity index (χ3n) is 3.51. The molecule has 1 aliphatic heterocycles. The van der Waals surface area contributed by atoms with Gasteiger partial charge in [0.1, 0.15) is 5.82 Å². The highest BCUT2D eigenvalue weighted by molar-refractivity contribution is 5.75. The van der Waals surface area contributed by atoms with Crippen molar-refractivity contribution in [3.05, 3.63) is 36.3 Å². The van der Waals surface area contributed by atoms with Gasteiger partial charge >= 0.3 is 0 Å². The predicted molar refractivity (Wildman–Crippen MR) is 73.7 cm³/mol. The molecular formula is C14H17FN4. The average Bonchev–Trinajstić information content (AvgIpc) is 2.82. The van der Waals surface area contributed by atoms with Gasteiger partial charge in [-0.2, -0.15) is 5.10 Å². The van der Waals surface area contributed by atoms with Crippen LogP contribution in [0.2, 0.25) is 0 Å². The van der Waals surface area contributed by atoms with E-state index in [1.54, 1.807) is 16.8 Å². The summed E-state index contributed by atoms with van der Waals surface area (Å²) in [5.74, 6) is -0.206. The Labute approximate surface area is 111 Å². The van der Waals surface area contributed by atoms with E-state index < -0.39 is 0 Å². The first-order valence-electron chi connectivity index (χ1n) is 6.50. The average molecular weight is 260 g/mol. The van der Waals surface area contributed by atoms with Crippen molar-refractivity contribution < 1.29 is 4.39 Å². The van der Waals surface area contributed by atoms with E-state index in [1.165, 1.54) is 6.07 Å². The van der Waals surface area contributed by atoms with Crippen molar-refractivity contribution in [3.8, 4) is 11.3 Å². The number of piperazine rings is 1. The Balaban J connectivity index is 2.06. The molecule has 4 nitrogen and oxygen atoms in total. The highest BCUT2D eigenvalue weighted by Crippen LogP contribution is 2.32. The predicted octanol–water partition coefficient (Wildman–Crippen LogP) is 1.64. The zero-order chi connectivity index (χ0) is 13.2. The second-order valence-corrected chi connectivity index (χ2v) is 4.72. The fourth-order valence-corrected chi connectivity index (χ4v) is 2.53. The Hall–Kier alpha value is -1.88. The van der Waals surface area contributed by atoms with E-state index >= 15 is 0 Å². The highest BCUT2D eigenvalue weighted by Gasteiger charge is 2.20. The minimum Gasteiger partial charge on any atom is -0.366 e. The largest absolute Gasteiger partial charge is 0.366 e. The summed E-state index contributed by atoms with van der Waals surface area (Å²) < 4.78 is 15.8. The molecule has 1 N–H and O–H groups in total. The van der Waals surface area contributed by atoms with Crippen LogP contribution in [0.5, 0.6) is 0 Å². The standard InChI is InChI=1S/C14H17FN4/c1-18-14(11-4-2-3-5-12(11)15)13(10-17-18)19-8-6-16-7-9-19/h2-5,10,16H,6-9H2,1H3. The van der Waals surface area contributed by atoms with Crippen molar-refractivity contribution >= 4 is 5.69 Å². The number of anilines is 1. The van der Waals surface area contributed by atoms with E-state index in [-0.39, 0.29) is 5.82 Å². The van der Waals surface area contributed by atoms with Gasteiger partial charge in [-0.1, -0.05) is 12.1 Å². The number of nitrogens with one attached hydrogen (secondary N) is 1. The molecule has 19 heavy (non-hydrogen) atoms. The van der Waals surface area contributed by atoms with Gasteiger partial charge in [0, 0.05) is 38.8 Å². The molecule has 1 aliphatic rings. The number of hydrogen-bond donors (Lipinski definition) is 1. The number of aryl methyl sites for hydroxylation is 1. The summed E-state index contributed by atoms with van der Waals surface area (Å²) in [4.78, 5) is 2.26. The van der Waals surface area contributed by atoms with E-state index in [4.69, 9.17) is 0 Å². The number of nitrogens with zero attached hydrogens (tertiary/aromatic N) is 3. The van der Waals surface area contributed by atoms with Crippen LogP contribution in [0.3, 0.4) is 0 Å². The first kappa shape index (κ1) is 12.2. The molecule has 100 valence electrons. The Bertz CT molecular complexity index is 573. The van der Waals surface area contributed by atoms with Crippen molar-refractivity contribution in [2.45, 2.75) is 0 Å². The van der Waals surface area contributed by atoms with Crippen LogP contribution in [-0.4, -0.2) is 36.0 Å². The highest BCUT2D eigenvalue weighted by atomic mass is 19.1. The lowest BCUT2D eigenvalue weighted by Crippen LogP contribution is -2.43. The smallest absolute Gasteiger partial charge is 0.132 e. The van der Waals surface area contributed by atoms with E-state index in [1.807, 2.05) is 19.3 Å². The molecule has 0 unspecified atom stereocenters. The summed E-state index contributed by atoms with van der Waals surface area (Å²) in [6.07, 6.45) is 1.83. The third kappa shape index (κ3) is 2.21. The van der Waals surface area contributed by atoms with Gasteiger partial charge in [0.15, 0.2) is 0 Å². The summed E-state index contributed by atoms with van der Waals surface area (Å²) in [5, 5.41) is 7.62. The van der Waals surface area contributed by atoms with Gasteiger partial charge in [0.05, 0.1) is 17.6 Å². The molecule has 0 bridgehead atoms. The van der Waals surface area contributed by atoms with E-state index in [9.17, 15) is 4.39 Å². The Morgan fingerprint density at radius 2 is 1.95 bits per heavy atom. The first-order chi connectivity index (χ1) is 9.27. The van der Waals surface area contributed by atoms with Crippen molar-refractivity contribution in [1.82, 2.24) is 15.1 Å². The van der Waals surface area contributed by atoms with E-state index in [0.717, 1.165) is 37.6 Å². The quantitative estimate of drug-likeness (QED) is 0.891. The number of aromatic nitrogens is 2. The lowest BCUT2D eigenvalue weighted by molar-refractivity contribution is 0.589. The topological polar surface area (TPSA) is 33.1 Å². The van der Waals surface area contributed by atoms with Gasteiger partial charge in [-0.3, -0.25) is 4.68 Å². The Morgan fingerprint density at radius 1 is 1.21 bits per heavy atom. The van der Waals surface area contributed by atoms with Crippen LogP contribution < -0.4 is 10.2 Å². The molecule has 1 aromatic carbocycles. The minimum absolute atomic E-state index is 0.206. The molecular weight excluding hydrogens is 243 g/mol. The van der Waals surface area contributed by atoms with Crippen LogP contribution in [0.25, 0.3) is 11.3 Å². The zero-order valence-electron chi connectivity index (χ0n) is 10.9. The monoisotopic (exact) mass is 260 g/mol. The summed E-state index contributed by atoms with van der Waals surface area (Å²) >= 11 is 0. The minimum atomic E-state index is -0.206. The lowest BCUT2D eigenvalue weighted by Gasteiger charge is -2.29. The van der Waals surface area contributed by atoms with Gasteiger partial charge in [-0.05, 0) is 12.1 Å². The second-order valence-electron chi connectivity index (χ2n) is 4.72. The molecule has 0 aliphatic carbocycles. The summed E-state index contributed by atoms with van der Waals surface area (Å²) in [5.41, 5.74) is 2.46. The van der Waals surface area contributed by atoms with Crippen molar-refractivity contribution in [2.75, 3.05) is 31.1 Å². The SMILES string of the molecule is Cn1ncc(N2CCNCC2)c1-c1ccccc1F. The molecule has 0 radical (unpaired) electrons. The van der Waals surface area contributed by atoms with Crippen LogP contribution in [0.15, 0.2) is 30.5 Å². The maximum atomic E-state index is 14.0. The molecule has 1 saturated heterocycles. The number of rotatable bonds is 2. The Kier molecular flexibility index (Phi) is 3.21. The second kappa shape index (κ2) is 5.01. The third-order valence-corrected chi connectivity index (χ3v) is 3.51. The first-order valence-corrected chi connectivity index (χ1v) is 6.50. The normalized spacial score (nSPS) is 15.8. The molecule has 0 amide bonds. The van der Waals surface area contributed by atoms with Gasteiger partial charge < -0.3 is 10.2 Å². The molecule has 1 fully saturated rings. The summed E-state index contributed by atoms with van der Waals surface area (Å²) in [6, 6.07) is 6.86. The van der Waals surface area contributed by atoms with Gasteiger partial charge in [-0.25, -0.2) is 4.39 Å². The van der Waals surface area contributed by atoms with Crippen molar-refractivity contribution in [2.24, 2.45) is 7.05 Å². The molecule has 2 heterocycles. The Morgan fingerprint density at radius 3 is 2.68 bits per heavy atom. The van der Waals surface area contributed by atoms with E-state index in [2.05, 4.69) is 15.3 Å². The number of hydrogen-bond acceptors (Lipinski definition) is 3. The fraction of sp³-hybridized carbons (Fsp3) is 0.357. The van der Waals surface area contributed by atoms with Crippen LogP contribution in [0.1, 0.15) is 0 Å². The van der Waals surface area contributed by atoms with Crippen LogP contribution >= 0.6 is 0 Å². The van der Waals surface area contributed by atoms with Crippen LogP contribution in [0.4, 0.5) is 10.1 Å². The lowest BCUT2D eigenvalue weighted by atomic mass is 10.1. The molecule has 0 spiro atoms. The van der Waals surface area contributed by atoms with Crippen LogP contribution in [-0.2, 0) is 7.05 Å². The summed E-state index contributed by atoms with van der Waals surface area (Å²) in [7, 11) is 1.85. The zero-order valence-corrected chi connectivity index (χ0v) is 10.9. The van der Waals surface area contributed by atoms with Gasteiger partial charge in [0.2, 0.25) is 0 Å². The van der Waals surface area contributed by atoms with Crippen molar-refractivity contribution in [1.29, 1.82) is 0 Å². The molecule has 1 aromatic heterocycles. The molecule has 2 aromatic rings. The van der Waals surface area contributed by atoms with Crippen molar-refractivity contribution in [3.63, 3.8) is 0 Å². The van der Waals surface area contributed by atoms with Gasteiger partial charge in [-0.15, -0.1) is 0 Å². The molecule has 3 rings (SSSR count). The van der Waals surface area contributed by atoms with Crippen LogP contribution in [0, 0.1) is 5.82 Å². The fourth-order valence-electron chi connectivity index (χ4n) is 2.53. The number of benzene rings is 1. The van der Waals surface area contributed by atoms with Gasteiger partial charge in [0.25, 0.3) is 0 Å². The maximum Gasteiger partial charge on any atom is 0.132 e. The molecule has 0 atom stereocenters. The van der Waals surface area contributed by atoms with E-state index in [0.29, 0.717) is 5.56 Å². The molecule has 5 heteroatoms.